The summed E-state index contributed by atoms with van der Waals surface area (Å²) in [6, 6.07) is 4.22. The smallest absolute Gasteiger partial charge is 0.315 e. The molecule has 7 nitrogen and oxygen atoms in total. The number of hydrogen-bond acceptors (Lipinski definition) is 5. The minimum absolute atomic E-state index is 0.102. The predicted octanol–water partition coefficient (Wildman–Crippen LogP) is 4.14. The number of aromatic nitrogens is 1. The summed E-state index contributed by atoms with van der Waals surface area (Å²) >= 11 is 12.2. The van der Waals surface area contributed by atoms with Gasteiger partial charge in [-0.2, -0.15) is 0 Å². The van der Waals surface area contributed by atoms with Crippen LogP contribution in [0.2, 0.25) is 10.0 Å². The van der Waals surface area contributed by atoms with Gasteiger partial charge in [0, 0.05) is 29.4 Å². The molecule has 0 bridgehead atoms. The summed E-state index contributed by atoms with van der Waals surface area (Å²) in [5, 5.41) is 6.00. The normalized spacial score (nSPS) is 16.0. The first-order valence-corrected chi connectivity index (χ1v) is 10.8. The number of nitrogen functional groups attached to an aromatic ring is 1. The summed E-state index contributed by atoms with van der Waals surface area (Å²) in [4.78, 5) is 18.6. The number of carbonyl (C=O) groups excluding carboxylic acids is 1. The molecule has 1 aromatic heterocycles. The molecule has 168 valence electrons. The fraction of sp³-hybridized carbons (Fsp3) is 0.429. The Bertz CT molecular complexity index is 938. The molecule has 1 atom stereocenters. The quantitative estimate of drug-likeness (QED) is 0.552. The number of nitrogens with one attached hydrogen (secondary N) is 2. The van der Waals surface area contributed by atoms with Crippen LogP contribution >= 0.6 is 23.2 Å². The summed E-state index contributed by atoms with van der Waals surface area (Å²) in [5.74, 6) is -0.134. The van der Waals surface area contributed by atoms with E-state index in [0.717, 1.165) is 25.9 Å². The SMILES string of the molecule is CC(Oc1cc(CNC(=O)NC2CCN(C)CC2)cnc1N)c1c(Cl)ccc(F)c1Cl. The molecule has 0 aliphatic carbocycles. The number of likely N-dealkylation sites (tertiary alicyclic amines) is 1. The zero-order valence-corrected chi connectivity index (χ0v) is 18.9. The number of piperidine rings is 1. The van der Waals surface area contributed by atoms with E-state index in [1.807, 2.05) is 0 Å². The largest absolute Gasteiger partial charge is 0.482 e. The highest BCUT2D eigenvalue weighted by molar-refractivity contribution is 6.36. The van der Waals surface area contributed by atoms with Crippen molar-refractivity contribution in [2.75, 3.05) is 25.9 Å². The maximum absolute atomic E-state index is 13.8. The molecule has 2 heterocycles. The van der Waals surface area contributed by atoms with Gasteiger partial charge in [-0.05, 0) is 63.7 Å². The van der Waals surface area contributed by atoms with Crippen LogP contribution in [0.5, 0.6) is 5.75 Å². The molecule has 2 aromatic rings. The Kier molecular flexibility index (Phi) is 7.80. The Balaban J connectivity index is 1.61. The van der Waals surface area contributed by atoms with E-state index in [9.17, 15) is 9.18 Å². The zero-order chi connectivity index (χ0) is 22.5. The molecule has 1 aliphatic rings. The standard InChI is InChI=1S/C21H26Cl2FN5O2/c1-12(18-15(22)3-4-16(24)19(18)23)31-17-9-13(10-26-20(17)25)11-27-21(30)28-14-5-7-29(2)8-6-14/h3-4,9-10,12,14H,5-8,11H2,1-2H3,(H2,25,26)(H2,27,28,30). The molecule has 1 saturated heterocycles. The third kappa shape index (κ3) is 6.12. The fourth-order valence-corrected chi connectivity index (χ4v) is 4.10. The molecular weight excluding hydrogens is 444 g/mol. The lowest BCUT2D eigenvalue weighted by Crippen LogP contribution is -2.46. The van der Waals surface area contributed by atoms with Crippen molar-refractivity contribution in [2.24, 2.45) is 0 Å². The van der Waals surface area contributed by atoms with Crippen molar-refractivity contribution in [1.82, 2.24) is 20.5 Å². The van der Waals surface area contributed by atoms with E-state index in [4.69, 9.17) is 33.7 Å². The Labute approximate surface area is 191 Å². The molecule has 4 N–H and O–H groups in total. The summed E-state index contributed by atoms with van der Waals surface area (Å²) in [5.41, 5.74) is 6.96. The highest BCUT2D eigenvalue weighted by atomic mass is 35.5. The van der Waals surface area contributed by atoms with Crippen molar-refractivity contribution in [2.45, 2.75) is 38.5 Å². The molecule has 0 saturated carbocycles. The van der Waals surface area contributed by atoms with Gasteiger partial charge in [-0.15, -0.1) is 0 Å². The van der Waals surface area contributed by atoms with Gasteiger partial charge in [0.2, 0.25) is 0 Å². The van der Waals surface area contributed by atoms with Crippen molar-refractivity contribution < 1.29 is 13.9 Å². The zero-order valence-electron chi connectivity index (χ0n) is 17.4. The third-order valence-electron chi connectivity index (χ3n) is 5.23. The summed E-state index contributed by atoms with van der Waals surface area (Å²) in [6.45, 7) is 3.86. The van der Waals surface area contributed by atoms with Gasteiger partial charge >= 0.3 is 6.03 Å². The van der Waals surface area contributed by atoms with Crippen molar-refractivity contribution in [3.63, 3.8) is 0 Å². The molecule has 1 aromatic carbocycles. The molecule has 0 spiro atoms. The maximum atomic E-state index is 13.8. The molecule has 1 fully saturated rings. The molecular formula is C21H26Cl2FN5O2. The summed E-state index contributed by atoms with van der Waals surface area (Å²) in [7, 11) is 2.07. The van der Waals surface area contributed by atoms with Crippen LogP contribution in [0.3, 0.4) is 0 Å². The first kappa shape index (κ1) is 23.4. The van der Waals surface area contributed by atoms with Crippen LogP contribution in [0.4, 0.5) is 15.0 Å². The number of rotatable bonds is 6. The topological polar surface area (TPSA) is 92.5 Å². The van der Waals surface area contributed by atoms with Gasteiger partial charge in [0.05, 0.1) is 5.02 Å². The van der Waals surface area contributed by atoms with Crippen LogP contribution in [0, 0.1) is 5.82 Å². The van der Waals surface area contributed by atoms with Crippen LogP contribution in [0.1, 0.15) is 37.0 Å². The lowest BCUT2D eigenvalue weighted by atomic mass is 10.1. The lowest BCUT2D eigenvalue weighted by molar-refractivity contribution is 0.213. The molecule has 10 heteroatoms. The number of hydrogen-bond donors (Lipinski definition) is 3. The number of amides is 2. The highest BCUT2D eigenvalue weighted by Crippen LogP contribution is 2.36. The highest BCUT2D eigenvalue weighted by Gasteiger charge is 2.21. The van der Waals surface area contributed by atoms with Crippen molar-refractivity contribution in [3.8, 4) is 5.75 Å². The second-order valence-corrected chi connectivity index (χ2v) is 8.43. The third-order valence-corrected chi connectivity index (χ3v) is 5.95. The minimum Gasteiger partial charge on any atom is -0.482 e. The summed E-state index contributed by atoms with van der Waals surface area (Å²) < 4.78 is 19.7. The van der Waals surface area contributed by atoms with E-state index in [1.54, 1.807) is 19.2 Å². The van der Waals surface area contributed by atoms with E-state index in [-0.39, 0.29) is 34.5 Å². The number of nitrogens with zero attached hydrogens (tertiary/aromatic N) is 2. The van der Waals surface area contributed by atoms with Crippen molar-refractivity contribution in [3.05, 3.63) is 51.4 Å². The van der Waals surface area contributed by atoms with Crippen LogP contribution in [0.25, 0.3) is 0 Å². The van der Waals surface area contributed by atoms with Crippen LogP contribution in [0.15, 0.2) is 24.4 Å². The number of benzene rings is 1. The number of carbonyl (C=O) groups is 1. The number of nitrogens with two attached hydrogens (primary N) is 1. The van der Waals surface area contributed by atoms with Gasteiger partial charge in [0.1, 0.15) is 11.9 Å². The Morgan fingerprint density at radius 2 is 2.10 bits per heavy atom. The van der Waals surface area contributed by atoms with Crippen molar-refractivity contribution in [1.29, 1.82) is 0 Å². The number of urea groups is 1. The lowest BCUT2D eigenvalue weighted by Gasteiger charge is -2.29. The number of ether oxygens (including phenoxy) is 1. The van der Waals surface area contributed by atoms with Crippen LogP contribution in [-0.2, 0) is 6.54 Å². The van der Waals surface area contributed by atoms with Gasteiger partial charge in [0.25, 0.3) is 0 Å². The van der Waals surface area contributed by atoms with Crippen molar-refractivity contribution >= 4 is 35.1 Å². The van der Waals surface area contributed by atoms with Crippen LogP contribution in [-0.4, -0.2) is 42.1 Å². The van der Waals surface area contributed by atoms with Gasteiger partial charge in [0.15, 0.2) is 11.6 Å². The molecule has 2 amide bonds. The van der Waals surface area contributed by atoms with E-state index in [2.05, 4.69) is 27.6 Å². The molecule has 1 aliphatic heterocycles. The monoisotopic (exact) mass is 469 g/mol. The average Bonchev–Trinajstić information content (AvgIpc) is 2.73. The molecule has 3 rings (SSSR count). The van der Waals surface area contributed by atoms with E-state index < -0.39 is 11.9 Å². The Hall–Kier alpha value is -2.29. The van der Waals surface area contributed by atoms with Gasteiger partial charge in [-0.1, -0.05) is 23.2 Å². The second kappa shape index (κ2) is 10.3. The first-order chi connectivity index (χ1) is 14.7. The second-order valence-electron chi connectivity index (χ2n) is 7.65. The molecule has 0 radical (unpaired) electrons. The van der Waals surface area contributed by atoms with Gasteiger partial charge < -0.3 is 26.0 Å². The molecule has 1 unspecified atom stereocenters. The predicted molar refractivity (Wildman–Crippen MR) is 120 cm³/mol. The number of anilines is 1. The van der Waals surface area contributed by atoms with Crippen LogP contribution < -0.4 is 21.1 Å². The first-order valence-electron chi connectivity index (χ1n) is 10.0. The van der Waals surface area contributed by atoms with E-state index in [0.29, 0.717) is 16.9 Å². The number of halogens is 3. The summed E-state index contributed by atoms with van der Waals surface area (Å²) in [6.07, 6.45) is 2.74. The molecule has 31 heavy (non-hydrogen) atoms. The van der Waals surface area contributed by atoms with Gasteiger partial charge in [-0.3, -0.25) is 0 Å². The Morgan fingerprint density at radius 1 is 1.39 bits per heavy atom. The fourth-order valence-electron chi connectivity index (χ4n) is 3.42. The van der Waals surface area contributed by atoms with E-state index in [1.165, 1.54) is 12.1 Å². The Morgan fingerprint density at radius 3 is 2.81 bits per heavy atom. The maximum Gasteiger partial charge on any atom is 0.315 e. The minimum atomic E-state index is -0.671. The average molecular weight is 470 g/mol. The van der Waals surface area contributed by atoms with Gasteiger partial charge in [-0.25, -0.2) is 14.2 Å². The number of pyridine rings is 1. The van der Waals surface area contributed by atoms with E-state index >= 15 is 0 Å².